The number of fused-ring (bicyclic) bond motifs is 1. The van der Waals surface area contributed by atoms with Gasteiger partial charge in [-0.15, -0.1) is 11.8 Å². The van der Waals surface area contributed by atoms with Crippen molar-refractivity contribution >= 4 is 35.1 Å². The Hall–Kier alpha value is -1.67. The van der Waals surface area contributed by atoms with Crippen LogP contribution in [0.2, 0.25) is 0 Å². The van der Waals surface area contributed by atoms with Gasteiger partial charge in [0.15, 0.2) is 5.78 Å². The molecule has 2 rings (SSSR count). The highest BCUT2D eigenvalue weighted by molar-refractivity contribution is 8.00. The Morgan fingerprint density at radius 2 is 2.00 bits per heavy atom. The first-order valence-electron chi connectivity index (χ1n) is 7.44. The molecule has 0 aromatic heterocycles. The van der Waals surface area contributed by atoms with E-state index in [1.807, 2.05) is 0 Å². The lowest BCUT2D eigenvalue weighted by molar-refractivity contribution is -0.147. The number of carbonyl (C=O) groups is 4. The lowest BCUT2D eigenvalue weighted by atomic mass is 10.0. The van der Waals surface area contributed by atoms with Crippen LogP contribution >= 0.6 is 11.8 Å². The van der Waals surface area contributed by atoms with Crippen molar-refractivity contribution in [3.63, 3.8) is 0 Å². The minimum atomic E-state index is -0.653. The van der Waals surface area contributed by atoms with Gasteiger partial charge in [-0.25, -0.2) is 0 Å². The smallest absolute Gasteiger partial charge is 0.253 e. The molecule has 2 amide bonds. The zero-order chi connectivity index (χ0) is 17.1. The number of β-lactam (4-membered cyclic amide) rings is 1. The summed E-state index contributed by atoms with van der Waals surface area (Å²) in [6.45, 7) is 2.57. The Kier molecular flexibility index (Phi) is 5.59. The second-order valence-electron chi connectivity index (χ2n) is 5.68. The highest BCUT2D eigenvalue weighted by Gasteiger charge is 2.53. The number of nitrogens with one attached hydrogen (secondary N) is 1. The highest BCUT2D eigenvalue weighted by Crippen LogP contribution is 2.40. The second-order valence-corrected chi connectivity index (χ2v) is 6.78. The van der Waals surface area contributed by atoms with Crippen LogP contribution in [-0.2, 0) is 19.2 Å². The van der Waals surface area contributed by atoms with E-state index in [1.165, 1.54) is 30.5 Å². The van der Waals surface area contributed by atoms with Crippen LogP contribution in [0.15, 0.2) is 11.3 Å². The summed E-state index contributed by atoms with van der Waals surface area (Å²) in [4.78, 5) is 48.1. The maximum atomic E-state index is 12.3. The molecule has 0 saturated carbocycles. The summed E-state index contributed by atoms with van der Waals surface area (Å²) in [5, 5.41) is 11.7. The van der Waals surface area contributed by atoms with Gasteiger partial charge in [0.1, 0.15) is 17.2 Å². The number of aliphatic hydroxyl groups is 1. The largest absolute Gasteiger partial charge is 0.392 e. The van der Waals surface area contributed by atoms with Gasteiger partial charge in [0.05, 0.1) is 12.3 Å². The molecule has 2 aliphatic rings. The molecule has 7 nitrogen and oxygen atoms in total. The van der Waals surface area contributed by atoms with E-state index in [9.17, 15) is 24.3 Å². The van der Waals surface area contributed by atoms with Gasteiger partial charge in [-0.2, -0.15) is 0 Å². The standard InChI is InChI=1S/C15H20N2O5S/c1-8(19)4-3-5-11(21)16-12-14(22)17-13(9(2)20)10(6-18)7-23-15(12)17/h12,15,18H,3-7H2,1-2H3,(H,16,21)/t12-,15-/m1/s1. The van der Waals surface area contributed by atoms with E-state index in [2.05, 4.69) is 5.32 Å². The summed E-state index contributed by atoms with van der Waals surface area (Å²) in [5.74, 6) is -0.390. The van der Waals surface area contributed by atoms with Crippen LogP contribution in [0, 0.1) is 0 Å². The molecule has 126 valence electrons. The minimum Gasteiger partial charge on any atom is -0.392 e. The van der Waals surface area contributed by atoms with Crippen LogP contribution in [-0.4, -0.2) is 57.2 Å². The van der Waals surface area contributed by atoms with E-state index >= 15 is 0 Å². The Morgan fingerprint density at radius 3 is 2.57 bits per heavy atom. The maximum Gasteiger partial charge on any atom is 0.253 e. The van der Waals surface area contributed by atoms with Gasteiger partial charge in [0, 0.05) is 25.5 Å². The number of carbonyl (C=O) groups excluding carboxylic acids is 4. The molecule has 2 aliphatic heterocycles. The van der Waals surface area contributed by atoms with Gasteiger partial charge in [-0.1, -0.05) is 0 Å². The van der Waals surface area contributed by atoms with Crippen LogP contribution in [0.5, 0.6) is 0 Å². The zero-order valence-electron chi connectivity index (χ0n) is 13.1. The average molecular weight is 340 g/mol. The molecule has 0 unspecified atom stereocenters. The molecule has 0 aliphatic carbocycles. The van der Waals surface area contributed by atoms with Crippen molar-refractivity contribution in [2.45, 2.75) is 44.5 Å². The van der Waals surface area contributed by atoms with E-state index in [0.29, 0.717) is 24.2 Å². The average Bonchev–Trinajstić information content (AvgIpc) is 2.50. The first kappa shape index (κ1) is 17.7. The molecule has 1 saturated heterocycles. The van der Waals surface area contributed by atoms with Crippen molar-refractivity contribution in [2.75, 3.05) is 12.4 Å². The zero-order valence-corrected chi connectivity index (χ0v) is 13.9. The Morgan fingerprint density at radius 1 is 1.30 bits per heavy atom. The number of ketones is 2. The number of amides is 2. The molecular weight excluding hydrogens is 320 g/mol. The number of rotatable bonds is 7. The summed E-state index contributed by atoms with van der Waals surface area (Å²) >= 11 is 1.42. The second kappa shape index (κ2) is 7.27. The Balaban J connectivity index is 1.98. The Bertz CT molecular complexity index is 586. The predicted octanol–water partition coefficient (Wildman–Crippen LogP) is -0.0190. The van der Waals surface area contributed by atoms with Crippen LogP contribution in [0.1, 0.15) is 33.1 Å². The van der Waals surface area contributed by atoms with E-state index in [0.717, 1.165) is 0 Å². The van der Waals surface area contributed by atoms with E-state index in [1.54, 1.807) is 0 Å². The number of hydrogen-bond acceptors (Lipinski definition) is 6. The quantitative estimate of drug-likeness (QED) is 0.631. The van der Waals surface area contributed by atoms with Gasteiger partial charge in [0.2, 0.25) is 5.91 Å². The normalized spacial score (nSPS) is 23.3. The molecule has 0 spiro atoms. The summed E-state index contributed by atoms with van der Waals surface area (Å²) in [5.41, 5.74) is 0.793. The molecule has 1 fully saturated rings. The van der Waals surface area contributed by atoms with Gasteiger partial charge >= 0.3 is 0 Å². The molecule has 2 atom stereocenters. The SMILES string of the molecule is CC(=O)CCCC(=O)N[C@@H]1C(=O)N2C(C(C)=O)=C(CO)CS[C@H]12. The minimum absolute atomic E-state index is 0.0271. The molecule has 0 aromatic rings. The van der Waals surface area contributed by atoms with Crippen LogP contribution in [0.25, 0.3) is 0 Å². The van der Waals surface area contributed by atoms with Gasteiger partial charge in [-0.05, 0) is 18.9 Å². The number of hydrogen-bond donors (Lipinski definition) is 2. The molecule has 0 aromatic carbocycles. The predicted molar refractivity (Wildman–Crippen MR) is 84.3 cm³/mol. The fraction of sp³-hybridized carbons (Fsp3) is 0.600. The Labute approximate surface area is 138 Å². The van der Waals surface area contributed by atoms with E-state index in [-0.39, 0.29) is 47.5 Å². The summed E-state index contributed by atoms with van der Waals surface area (Å²) in [6, 6.07) is -0.653. The molecule has 0 radical (unpaired) electrons. The third-order valence-corrected chi connectivity index (χ3v) is 5.16. The summed E-state index contributed by atoms with van der Waals surface area (Å²) in [6.07, 6.45) is 0.988. The molecule has 2 heterocycles. The van der Waals surface area contributed by atoms with Gasteiger partial charge in [-0.3, -0.25) is 19.3 Å². The van der Waals surface area contributed by atoms with Crippen LogP contribution < -0.4 is 5.32 Å². The lowest BCUT2D eigenvalue weighted by Crippen LogP contribution is -2.70. The van der Waals surface area contributed by atoms with Crippen molar-refractivity contribution in [3.05, 3.63) is 11.3 Å². The lowest BCUT2D eigenvalue weighted by Gasteiger charge is -2.50. The number of nitrogens with zero attached hydrogens (tertiary/aromatic N) is 1. The van der Waals surface area contributed by atoms with Crippen molar-refractivity contribution in [1.82, 2.24) is 10.2 Å². The fourth-order valence-electron chi connectivity index (χ4n) is 2.71. The number of thioether (sulfide) groups is 1. The first-order chi connectivity index (χ1) is 10.9. The van der Waals surface area contributed by atoms with Gasteiger partial charge in [0.25, 0.3) is 5.91 Å². The van der Waals surface area contributed by atoms with E-state index in [4.69, 9.17) is 0 Å². The number of aliphatic hydroxyl groups excluding tert-OH is 1. The van der Waals surface area contributed by atoms with Crippen molar-refractivity contribution < 1.29 is 24.3 Å². The monoisotopic (exact) mass is 340 g/mol. The van der Waals surface area contributed by atoms with Crippen molar-refractivity contribution in [1.29, 1.82) is 0 Å². The van der Waals surface area contributed by atoms with Crippen LogP contribution in [0.4, 0.5) is 0 Å². The number of allylic oxidation sites excluding steroid dienone is 1. The first-order valence-corrected chi connectivity index (χ1v) is 8.49. The molecule has 8 heteroatoms. The van der Waals surface area contributed by atoms with Crippen molar-refractivity contribution in [3.8, 4) is 0 Å². The van der Waals surface area contributed by atoms with Crippen molar-refractivity contribution in [2.24, 2.45) is 0 Å². The third-order valence-electron chi connectivity index (χ3n) is 3.82. The highest BCUT2D eigenvalue weighted by atomic mass is 32.2. The fourth-order valence-corrected chi connectivity index (χ4v) is 4.05. The maximum absolute atomic E-state index is 12.3. The molecule has 23 heavy (non-hydrogen) atoms. The topological polar surface area (TPSA) is 104 Å². The molecule has 2 N–H and O–H groups in total. The molecular formula is C15H20N2O5S. The van der Waals surface area contributed by atoms with E-state index < -0.39 is 6.04 Å². The van der Waals surface area contributed by atoms with Crippen LogP contribution in [0.3, 0.4) is 0 Å². The summed E-state index contributed by atoms with van der Waals surface area (Å²) in [7, 11) is 0. The molecule has 0 bridgehead atoms. The number of Topliss-reactive ketones (excluding diaryl/α,β-unsaturated/α-hetero) is 2. The van der Waals surface area contributed by atoms with Gasteiger partial charge < -0.3 is 15.2 Å². The third kappa shape index (κ3) is 3.64. The summed E-state index contributed by atoms with van der Waals surface area (Å²) < 4.78 is 0.